The predicted octanol–water partition coefficient (Wildman–Crippen LogP) is 0.991. The molecule has 0 aromatic carbocycles. The first-order valence-electron chi connectivity index (χ1n) is 3.96. The molecule has 0 bridgehead atoms. The van der Waals surface area contributed by atoms with Gasteiger partial charge < -0.3 is 14.2 Å². The van der Waals surface area contributed by atoms with Gasteiger partial charge in [0.1, 0.15) is 6.10 Å². The van der Waals surface area contributed by atoms with E-state index in [0.29, 0.717) is 6.61 Å². The number of hydrogen-bond acceptors (Lipinski definition) is 4. The Bertz CT molecular complexity index is 222. The van der Waals surface area contributed by atoms with Crippen molar-refractivity contribution < 1.29 is 19.0 Å². The van der Waals surface area contributed by atoms with Crippen molar-refractivity contribution in [3.63, 3.8) is 0 Å². The van der Waals surface area contributed by atoms with Gasteiger partial charge in [-0.2, -0.15) is 0 Å². The van der Waals surface area contributed by atoms with Crippen LogP contribution in [-0.2, 0) is 19.0 Å². The molecule has 4 heteroatoms. The molecule has 0 saturated carbocycles. The van der Waals surface area contributed by atoms with Gasteiger partial charge in [-0.1, -0.05) is 6.58 Å². The Morgan fingerprint density at radius 2 is 2.46 bits per heavy atom. The lowest BCUT2D eigenvalue weighted by Gasteiger charge is -2.22. The molecule has 13 heavy (non-hydrogen) atoms. The normalized spacial score (nSPS) is 26.5. The molecule has 0 aliphatic carbocycles. The molecular formula is C9H12O4. The molecule has 72 valence electrons. The molecule has 2 atom stereocenters. The van der Waals surface area contributed by atoms with E-state index in [-0.39, 0.29) is 12.1 Å². The molecule has 0 aromatic rings. The second-order valence-corrected chi connectivity index (χ2v) is 2.54. The molecule has 1 aliphatic heterocycles. The molecule has 1 heterocycles. The van der Waals surface area contributed by atoms with Gasteiger partial charge in [0.2, 0.25) is 6.29 Å². The van der Waals surface area contributed by atoms with Crippen molar-refractivity contribution in [2.24, 2.45) is 0 Å². The summed E-state index contributed by atoms with van der Waals surface area (Å²) in [5.74, 6) is -0.318. The van der Waals surface area contributed by atoms with Gasteiger partial charge in [0.15, 0.2) is 0 Å². The summed E-state index contributed by atoms with van der Waals surface area (Å²) in [6, 6.07) is 0. The van der Waals surface area contributed by atoms with Crippen LogP contribution in [0.2, 0.25) is 0 Å². The minimum Gasteiger partial charge on any atom is -0.469 e. The third kappa shape index (κ3) is 3.29. The topological polar surface area (TPSA) is 44.8 Å². The minimum atomic E-state index is -0.413. The van der Waals surface area contributed by atoms with Gasteiger partial charge in [-0.05, 0) is 12.2 Å². The van der Waals surface area contributed by atoms with Gasteiger partial charge in [0, 0.05) is 6.92 Å². The highest BCUT2D eigenvalue weighted by atomic mass is 16.7. The van der Waals surface area contributed by atoms with E-state index in [9.17, 15) is 4.79 Å². The molecule has 4 nitrogen and oxygen atoms in total. The Kier molecular flexibility index (Phi) is 3.52. The highest BCUT2D eigenvalue weighted by Crippen LogP contribution is 2.09. The van der Waals surface area contributed by atoms with Crippen molar-refractivity contribution in [2.45, 2.75) is 19.3 Å². The van der Waals surface area contributed by atoms with Gasteiger partial charge in [-0.15, -0.1) is 0 Å². The van der Waals surface area contributed by atoms with E-state index in [4.69, 9.17) is 14.2 Å². The maximum absolute atomic E-state index is 10.6. The molecule has 0 fully saturated rings. The van der Waals surface area contributed by atoms with Crippen LogP contribution in [0.25, 0.3) is 0 Å². The Labute approximate surface area is 76.8 Å². The second-order valence-electron chi connectivity index (χ2n) is 2.54. The van der Waals surface area contributed by atoms with Crippen LogP contribution in [0.4, 0.5) is 0 Å². The van der Waals surface area contributed by atoms with Crippen molar-refractivity contribution >= 4 is 5.97 Å². The van der Waals surface area contributed by atoms with Crippen LogP contribution >= 0.6 is 0 Å². The molecule has 1 rings (SSSR count). The van der Waals surface area contributed by atoms with E-state index >= 15 is 0 Å². The maximum Gasteiger partial charge on any atom is 0.303 e. The standard InChI is InChI=1S/C9H12O4/c1-3-11-9-5-4-8(6-12-9)13-7(2)10/h3-5,8-9H,1,6H2,2H3/t8-,9+/m1/s1. The van der Waals surface area contributed by atoms with Gasteiger partial charge in [0.25, 0.3) is 0 Å². The summed E-state index contributed by atoms with van der Waals surface area (Å²) in [7, 11) is 0. The molecule has 1 aliphatic rings. The fourth-order valence-corrected chi connectivity index (χ4v) is 0.981. The lowest BCUT2D eigenvalue weighted by atomic mass is 10.3. The van der Waals surface area contributed by atoms with Crippen LogP contribution in [0.15, 0.2) is 25.0 Å². The quantitative estimate of drug-likeness (QED) is 0.373. The number of rotatable bonds is 3. The average molecular weight is 184 g/mol. The Morgan fingerprint density at radius 1 is 1.69 bits per heavy atom. The third-order valence-corrected chi connectivity index (χ3v) is 1.46. The SMILES string of the molecule is C=CO[C@@H]1C=C[C@@H](OC(C)=O)CO1. The van der Waals surface area contributed by atoms with Crippen molar-refractivity contribution in [1.29, 1.82) is 0 Å². The summed E-state index contributed by atoms with van der Waals surface area (Å²) in [5.41, 5.74) is 0. The zero-order chi connectivity index (χ0) is 9.68. The van der Waals surface area contributed by atoms with E-state index in [0.717, 1.165) is 0 Å². The molecule has 0 radical (unpaired) electrons. The van der Waals surface area contributed by atoms with Crippen LogP contribution in [0, 0.1) is 0 Å². The summed E-state index contributed by atoms with van der Waals surface area (Å²) in [6.45, 7) is 5.08. The number of hydrogen-bond donors (Lipinski definition) is 0. The smallest absolute Gasteiger partial charge is 0.303 e. The Balaban J connectivity index is 2.37. The van der Waals surface area contributed by atoms with E-state index in [2.05, 4.69) is 6.58 Å². The molecule has 0 amide bonds. The van der Waals surface area contributed by atoms with Gasteiger partial charge in [0.05, 0.1) is 12.9 Å². The van der Waals surface area contributed by atoms with Crippen molar-refractivity contribution in [3.05, 3.63) is 25.0 Å². The Morgan fingerprint density at radius 3 is 2.92 bits per heavy atom. The van der Waals surface area contributed by atoms with Crippen LogP contribution in [0.1, 0.15) is 6.92 Å². The zero-order valence-corrected chi connectivity index (χ0v) is 7.43. The van der Waals surface area contributed by atoms with Crippen LogP contribution < -0.4 is 0 Å². The maximum atomic E-state index is 10.6. The van der Waals surface area contributed by atoms with E-state index in [1.807, 2.05) is 0 Å². The highest BCUT2D eigenvalue weighted by Gasteiger charge is 2.17. The molecule has 0 aromatic heterocycles. The Hall–Kier alpha value is -1.29. The molecule has 0 spiro atoms. The number of carbonyl (C=O) groups excluding carboxylic acids is 1. The first kappa shape index (κ1) is 9.80. The predicted molar refractivity (Wildman–Crippen MR) is 45.7 cm³/mol. The summed E-state index contributed by atoms with van der Waals surface area (Å²) in [6.07, 6.45) is 4.01. The summed E-state index contributed by atoms with van der Waals surface area (Å²) in [5, 5.41) is 0. The summed E-state index contributed by atoms with van der Waals surface area (Å²) >= 11 is 0. The highest BCUT2D eigenvalue weighted by molar-refractivity contribution is 5.66. The molecular weight excluding hydrogens is 172 g/mol. The van der Waals surface area contributed by atoms with E-state index < -0.39 is 6.29 Å². The van der Waals surface area contributed by atoms with Crippen molar-refractivity contribution in [2.75, 3.05) is 6.61 Å². The first-order chi connectivity index (χ1) is 6.22. The van der Waals surface area contributed by atoms with Crippen LogP contribution in [0.3, 0.4) is 0 Å². The average Bonchev–Trinajstić information content (AvgIpc) is 2.08. The lowest BCUT2D eigenvalue weighted by molar-refractivity contribution is -0.154. The number of esters is 1. The third-order valence-electron chi connectivity index (χ3n) is 1.46. The minimum absolute atomic E-state index is 0.304. The fraction of sp³-hybridized carbons (Fsp3) is 0.444. The number of carbonyl (C=O) groups is 1. The van der Waals surface area contributed by atoms with Gasteiger partial charge in [-0.3, -0.25) is 4.79 Å². The van der Waals surface area contributed by atoms with Crippen LogP contribution in [-0.4, -0.2) is 25.0 Å². The van der Waals surface area contributed by atoms with Crippen LogP contribution in [0.5, 0.6) is 0 Å². The summed E-state index contributed by atoms with van der Waals surface area (Å²) < 4.78 is 15.0. The van der Waals surface area contributed by atoms with Gasteiger partial charge in [-0.25, -0.2) is 0 Å². The van der Waals surface area contributed by atoms with Crippen molar-refractivity contribution in [1.82, 2.24) is 0 Å². The van der Waals surface area contributed by atoms with E-state index in [1.165, 1.54) is 13.2 Å². The molecule has 0 unspecified atom stereocenters. The number of ether oxygens (including phenoxy) is 3. The van der Waals surface area contributed by atoms with Crippen molar-refractivity contribution in [3.8, 4) is 0 Å². The fourth-order valence-electron chi connectivity index (χ4n) is 0.981. The van der Waals surface area contributed by atoms with Gasteiger partial charge >= 0.3 is 5.97 Å². The zero-order valence-electron chi connectivity index (χ0n) is 7.43. The molecule has 0 N–H and O–H groups in total. The van der Waals surface area contributed by atoms with E-state index in [1.54, 1.807) is 12.2 Å². The second kappa shape index (κ2) is 4.67. The first-order valence-corrected chi connectivity index (χ1v) is 3.96. The summed E-state index contributed by atoms with van der Waals surface area (Å²) in [4.78, 5) is 10.6. The largest absolute Gasteiger partial charge is 0.469 e. The molecule has 0 saturated heterocycles. The lowest BCUT2D eigenvalue weighted by Crippen LogP contribution is -2.28. The monoisotopic (exact) mass is 184 g/mol.